The van der Waals surface area contributed by atoms with Crippen LogP contribution < -0.4 is 16.0 Å². The highest BCUT2D eigenvalue weighted by atomic mass is 79.9. The van der Waals surface area contributed by atoms with Gasteiger partial charge in [0.15, 0.2) is 0 Å². The van der Waals surface area contributed by atoms with Crippen molar-refractivity contribution in [2.24, 2.45) is 0 Å². The van der Waals surface area contributed by atoms with Crippen LogP contribution in [0.4, 0.5) is 27.7 Å². The molecule has 0 unspecified atom stereocenters. The van der Waals surface area contributed by atoms with Gasteiger partial charge in [-0.1, -0.05) is 24.3 Å². The van der Waals surface area contributed by atoms with Crippen LogP contribution in [0.3, 0.4) is 0 Å². The fourth-order valence-corrected chi connectivity index (χ4v) is 2.81. The standard InChI is InChI=1S/C19H17BrN4O/c1-13-7-9-17(16(20)11-13)24-18-10-8-15(12-21-18)23-19(25)22-14-5-3-2-4-6-14/h2-12H,1H3,(H,21,24)(H2,22,23,25). The Morgan fingerprint density at radius 1 is 0.960 bits per heavy atom. The second kappa shape index (κ2) is 7.81. The van der Waals surface area contributed by atoms with E-state index in [-0.39, 0.29) is 6.03 Å². The highest BCUT2D eigenvalue weighted by Gasteiger charge is 2.04. The number of carbonyl (C=O) groups excluding carboxylic acids is 1. The van der Waals surface area contributed by atoms with Crippen molar-refractivity contribution in [2.75, 3.05) is 16.0 Å². The number of urea groups is 1. The molecule has 2 amide bonds. The molecule has 3 aromatic rings. The van der Waals surface area contributed by atoms with Crippen molar-refractivity contribution in [1.29, 1.82) is 0 Å². The van der Waals surface area contributed by atoms with E-state index in [0.29, 0.717) is 11.5 Å². The molecule has 1 aromatic heterocycles. The van der Waals surface area contributed by atoms with Gasteiger partial charge in [0.25, 0.3) is 0 Å². The molecular weight excluding hydrogens is 380 g/mol. The third kappa shape index (κ3) is 4.81. The summed E-state index contributed by atoms with van der Waals surface area (Å²) >= 11 is 3.53. The van der Waals surface area contributed by atoms with E-state index in [1.165, 1.54) is 5.56 Å². The quantitative estimate of drug-likeness (QED) is 0.542. The number of hydrogen-bond donors (Lipinski definition) is 3. The molecule has 0 aliphatic rings. The number of pyridine rings is 1. The number of benzene rings is 2. The maximum Gasteiger partial charge on any atom is 0.323 e. The molecule has 0 aliphatic heterocycles. The number of aromatic nitrogens is 1. The maximum absolute atomic E-state index is 12.0. The van der Waals surface area contributed by atoms with E-state index in [2.05, 4.69) is 36.9 Å². The van der Waals surface area contributed by atoms with Crippen LogP contribution in [0, 0.1) is 6.92 Å². The van der Waals surface area contributed by atoms with Gasteiger partial charge in [-0.3, -0.25) is 0 Å². The van der Waals surface area contributed by atoms with Crippen molar-refractivity contribution >= 4 is 44.8 Å². The summed E-state index contributed by atoms with van der Waals surface area (Å²) in [5.41, 5.74) is 3.45. The Morgan fingerprint density at radius 3 is 2.40 bits per heavy atom. The number of nitrogens with one attached hydrogen (secondary N) is 3. The molecule has 126 valence electrons. The molecule has 0 fully saturated rings. The number of hydrogen-bond acceptors (Lipinski definition) is 3. The van der Waals surface area contributed by atoms with Gasteiger partial charge in [0.05, 0.1) is 17.6 Å². The van der Waals surface area contributed by atoms with Crippen LogP contribution in [0.15, 0.2) is 71.3 Å². The lowest BCUT2D eigenvalue weighted by atomic mass is 10.2. The zero-order valence-corrected chi connectivity index (χ0v) is 15.2. The van der Waals surface area contributed by atoms with Gasteiger partial charge in [-0.25, -0.2) is 9.78 Å². The minimum atomic E-state index is -0.310. The van der Waals surface area contributed by atoms with Gasteiger partial charge in [-0.15, -0.1) is 0 Å². The van der Waals surface area contributed by atoms with Crippen LogP contribution in [-0.4, -0.2) is 11.0 Å². The number of anilines is 4. The maximum atomic E-state index is 12.0. The predicted molar refractivity (Wildman–Crippen MR) is 105 cm³/mol. The van der Waals surface area contributed by atoms with Crippen molar-refractivity contribution in [1.82, 2.24) is 4.98 Å². The van der Waals surface area contributed by atoms with Gasteiger partial charge in [-0.2, -0.15) is 0 Å². The van der Waals surface area contributed by atoms with Crippen molar-refractivity contribution < 1.29 is 4.79 Å². The fraction of sp³-hybridized carbons (Fsp3) is 0.0526. The first kappa shape index (κ1) is 17.0. The smallest absolute Gasteiger partial charge is 0.323 e. The number of aryl methyl sites for hydroxylation is 1. The van der Waals surface area contributed by atoms with Crippen molar-refractivity contribution in [3.8, 4) is 0 Å². The van der Waals surface area contributed by atoms with Crippen molar-refractivity contribution in [2.45, 2.75) is 6.92 Å². The Hall–Kier alpha value is -2.86. The summed E-state index contributed by atoms with van der Waals surface area (Å²) < 4.78 is 0.971. The molecule has 25 heavy (non-hydrogen) atoms. The highest BCUT2D eigenvalue weighted by molar-refractivity contribution is 9.10. The van der Waals surface area contributed by atoms with Crippen LogP contribution in [0.25, 0.3) is 0 Å². The number of halogens is 1. The summed E-state index contributed by atoms with van der Waals surface area (Å²) in [5.74, 6) is 0.693. The van der Waals surface area contributed by atoms with E-state index in [1.807, 2.05) is 61.5 Å². The molecule has 3 N–H and O–H groups in total. The molecule has 1 heterocycles. The van der Waals surface area contributed by atoms with Crippen LogP contribution in [0.1, 0.15) is 5.56 Å². The fourth-order valence-electron chi connectivity index (χ4n) is 2.22. The topological polar surface area (TPSA) is 66.0 Å². The summed E-state index contributed by atoms with van der Waals surface area (Å²) in [6.45, 7) is 2.04. The molecule has 0 radical (unpaired) electrons. The Morgan fingerprint density at radius 2 is 1.72 bits per heavy atom. The first-order valence-corrected chi connectivity index (χ1v) is 8.52. The lowest BCUT2D eigenvalue weighted by molar-refractivity contribution is 0.262. The molecule has 0 spiro atoms. The second-order valence-corrected chi connectivity index (χ2v) is 6.34. The largest absolute Gasteiger partial charge is 0.339 e. The normalized spacial score (nSPS) is 10.2. The third-order valence-corrected chi connectivity index (χ3v) is 4.10. The Balaban J connectivity index is 1.61. The minimum Gasteiger partial charge on any atom is -0.339 e. The molecule has 0 atom stereocenters. The molecule has 0 bridgehead atoms. The molecule has 0 saturated heterocycles. The van der Waals surface area contributed by atoms with E-state index in [9.17, 15) is 4.79 Å². The molecule has 3 rings (SSSR count). The Labute approximate surface area is 154 Å². The lowest BCUT2D eigenvalue weighted by Crippen LogP contribution is -2.19. The lowest BCUT2D eigenvalue weighted by Gasteiger charge is -2.10. The van der Waals surface area contributed by atoms with Gasteiger partial charge in [-0.05, 0) is 64.8 Å². The van der Waals surface area contributed by atoms with Crippen molar-refractivity contribution in [3.05, 3.63) is 76.9 Å². The van der Waals surface area contributed by atoms with Gasteiger partial charge in [0.2, 0.25) is 0 Å². The number of rotatable bonds is 4. The molecule has 5 nitrogen and oxygen atoms in total. The number of para-hydroxylation sites is 1. The SMILES string of the molecule is Cc1ccc(Nc2ccc(NC(=O)Nc3ccccc3)cn2)c(Br)c1. The summed E-state index contributed by atoms with van der Waals surface area (Å²) in [4.78, 5) is 16.3. The van der Waals surface area contributed by atoms with Gasteiger partial charge in [0.1, 0.15) is 5.82 Å². The average molecular weight is 397 g/mol. The third-order valence-electron chi connectivity index (χ3n) is 3.44. The van der Waals surface area contributed by atoms with Crippen LogP contribution in [0.5, 0.6) is 0 Å². The average Bonchev–Trinajstić information content (AvgIpc) is 2.60. The summed E-state index contributed by atoms with van der Waals surface area (Å²) in [5, 5.41) is 8.74. The number of nitrogens with zero attached hydrogens (tertiary/aromatic N) is 1. The molecule has 2 aromatic carbocycles. The summed E-state index contributed by atoms with van der Waals surface area (Å²) in [6.07, 6.45) is 1.61. The molecule has 0 saturated carbocycles. The van der Waals surface area contributed by atoms with Crippen LogP contribution >= 0.6 is 15.9 Å². The van der Waals surface area contributed by atoms with E-state index in [1.54, 1.807) is 12.3 Å². The van der Waals surface area contributed by atoms with E-state index in [0.717, 1.165) is 15.8 Å². The summed E-state index contributed by atoms with van der Waals surface area (Å²) in [6, 6.07) is 18.6. The van der Waals surface area contributed by atoms with Gasteiger partial charge >= 0.3 is 6.03 Å². The van der Waals surface area contributed by atoms with Gasteiger partial charge in [0, 0.05) is 10.2 Å². The molecule has 6 heteroatoms. The summed E-state index contributed by atoms with van der Waals surface area (Å²) in [7, 11) is 0. The second-order valence-electron chi connectivity index (χ2n) is 5.49. The zero-order valence-electron chi connectivity index (χ0n) is 13.6. The van der Waals surface area contributed by atoms with E-state index in [4.69, 9.17) is 0 Å². The number of carbonyl (C=O) groups is 1. The van der Waals surface area contributed by atoms with Gasteiger partial charge < -0.3 is 16.0 Å². The minimum absolute atomic E-state index is 0.310. The first-order valence-electron chi connectivity index (χ1n) is 7.72. The first-order chi connectivity index (χ1) is 12.1. The van der Waals surface area contributed by atoms with E-state index >= 15 is 0 Å². The molecular formula is C19H17BrN4O. The zero-order chi connectivity index (χ0) is 17.6. The van der Waals surface area contributed by atoms with E-state index < -0.39 is 0 Å². The van der Waals surface area contributed by atoms with Crippen LogP contribution in [-0.2, 0) is 0 Å². The molecule has 0 aliphatic carbocycles. The number of amides is 2. The van der Waals surface area contributed by atoms with Crippen molar-refractivity contribution in [3.63, 3.8) is 0 Å². The Kier molecular flexibility index (Phi) is 5.30. The highest BCUT2D eigenvalue weighted by Crippen LogP contribution is 2.26. The monoisotopic (exact) mass is 396 g/mol. The predicted octanol–water partition coefficient (Wildman–Crippen LogP) is 5.54. The Bertz CT molecular complexity index is 866. The van der Waals surface area contributed by atoms with Crippen LogP contribution in [0.2, 0.25) is 0 Å².